The number of aliphatic carboxylic acids is 1. The second-order valence-corrected chi connectivity index (χ2v) is 4.82. The molecule has 1 aromatic carbocycles. The van der Waals surface area contributed by atoms with E-state index in [1.165, 1.54) is 11.8 Å². The lowest BCUT2D eigenvalue weighted by molar-refractivity contribution is -0.136. The second kappa shape index (κ2) is 6.26. The maximum absolute atomic E-state index is 10.3. The Morgan fingerprint density at radius 1 is 1.33 bits per heavy atom. The van der Waals surface area contributed by atoms with E-state index in [-0.39, 0.29) is 6.42 Å². The van der Waals surface area contributed by atoms with Crippen molar-refractivity contribution in [3.05, 3.63) is 33.8 Å². The number of carbonyl (C=O) groups is 1. The first kappa shape index (κ1) is 12.7. The monoisotopic (exact) mass is 264 g/mol. The van der Waals surface area contributed by atoms with Crippen molar-refractivity contribution in [1.29, 1.82) is 0 Å². The van der Waals surface area contributed by atoms with Gasteiger partial charge in [0.1, 0.15) is 0 Å². The summed E-state index contributed by atoms with van der Waals surface area (Å²) in [5.41, 5.74) is 0.872. The Morgan fingerprint density at radius 3 is 2.47 bits per heavy atom. The van der Waals surface area contributed by atoms with Crippen LogP contribution in [0.4, 0.5) is 0 Å². The van der Waals surface area contributed by atoms with Gasteiger partial charge in [0.2, 0.25) is 0 Å². The topological polar surface area (TPSA) is 37.3 Å². The molecule has 1 rings (SSSR count). The maximum Gasteiger partial charge on any atom is 0.304 e. The summed E-state index contributed by atoms with van der Waals surface area (Å²) in [4.78, 5) is 10.3. The SMILES string of the molecule is O=C(O)CCSCc1c(Cl)cccc1Cl. The largest absolute Gasteiger partial charge is 0.481 e. The number of thioether (sulfide) groups is 1. The molecule has 1 aromatic rings. The minimum Gasteiger partial charge on any atom is -0.481 e. The van der Waals surface area contributed by atoms with Gasteiger partial charge < -0.3 is 5.11 Å². The molecule has 0 aliphatic carbocycles. The molecule has 5 heteroatoms. The van der Waals surface area contributed by atoms with E-state index in [9.17, 15) is 4.79 Å². The van der Waals surface area contributed by atoms with Gasteiger partial charge in [0.25, 0.3) is 0 Å². The maximum atomic E-state index is 10.3. The van der Waals surface area contributed by atoms with Crippen molar-refractivity contribution in [2.75, 3.05) is 5.75 Å². The van der Waals surface area contributed by atoms with Crippen molar-refractivity contribution in [1.82, 2.24) is 0 Å². The quantitative estimate of drug-likeness (QED) is 0.825. The first-order valence-electron chi connectivity index (χ1n) is 4.33. The Balaban J connectivity index is 2.47. The number of benzene rings is 1. The number of halogens is 2. The van der Waals surface area contributed by atoms with Crippen LogP contribution in [0.5, 0.6) is 0 Å². The van der Waals surface area contributed by atoms with Gasteiger partial charge in [-0.15, -0.1) is 0 Å². The summed E-state index contributed by atoms with van der Waals surface area (Å²) in [5, 5.41) is 9.71. The van der Waals surface area contributed by atoms with Gasteiger partial charge >= 0.3 is 5.97 Å². The number of rotatable bonds is 5. The zero-order valence-electron chi connectivity index (χ0n) is 7.87. The molecule has 0 aromatic heterocycles. The predicted molar refractivity (Wildman–Crippen MR) is 64.9 cm³/mol. The molecule has 0 radical (unpaired) electrons. The molecular formula is C10H10Cl2O2S. The fraction of sp³-hybridized carbons (Fsp3) is 0.300. The zero-order chi connectivity index (χ0) is 11.3. The molecule has 0 amide bonds. The lowest BCUT2D eigenvalue weighted by Crippen LogP contribution is -1.96. The van der Waals surface area contributed by atoms with Gasteiger partial charge in [0, 0.05) is 21.6 Å². The van der Waals surface area contributed by atoms with Gasteiger partial charge in [0.15, 0.2) is 0 Å². The van der Waals surface area contributed by atoms with Crippen LogP contribution in [0.15, 0.2) is 18.2 Å². The van der Waals surface area contributed by atoms with Crippen molar-refractivity contribution in [2.45, 2.75) is 12.2 Å². The molecule has 0 unspecified atom stereocenters. The summed E-state index contributed by atoms with van der Waals surface area (Å²) in [5.74, 6) is 0.426. The summed E-state index contributed by atoms with van der Waals surface area (Å²) in [7, 11) is 0. The zero-order valence-corrected chi connectivity index (χ0v) is 10.2. The van der Waals surface area contributed by atoms with E-state index in [0.29, 0.717) is 21.6 Å². The van der Waals surface area contributed by atoms with E-state index in [1.807, 2.05) is 0 Å². The molecule has 82 valence electrons. The standard InChI is InChI=1S/C10H10Cl2O2S/c11-8-2-1-3-9(12)7(8)6-15-5-4-10(13)14/h1-3H,4-6H2,(H,13,14). The third-order valence-electron chi connectivity index (χ3n) is 1.77. The first-order chi connectivity index (χ1) is 7.11. The minimum atomic E-state index is -0.784. The van der Waals surface area contributed by atoms with Gasteiger partial charge in [-0.05, 0) is 17.7 Å². The number of hydrogen-bond donors (Lipinski definition) is 1. The normalized spacial score (nSPS) is 10.3. The molecule has 2 nitrogen and oxygen atoms in total. The molecule has 15 heavy (non-hydrogen) atoms. The smallest absolute Gasteiger partial charge is 0.304 e. The summed E-state index contributed by atoms with van der Waals surface area (Å²) >= 11 is 13.4. The lowest BCUT2D eigenvalue weighted by Gasteiger charge is -2.05. The van der Waals surface area contributed by atoms with Crippen LogP contribution in [0, 0.1) is 0 Å². The molecule has 0 fully saturated rings. The molecule has 0 saturated carbocycles. The van der Waals surface area contributed by atoms with Gasteiger partial charge in [-0.25, -0.2) is 0 Å². The Morgan fingerprint density at radius 2 is 1.93 bits per heavy atom. The van der Waals surface area contributed by atoms with Crippen LogP contribution in [0.1, 0.15) is 12.0 Å². The summed E-state index contributed by atoms with van der Waals surface area (Å²) in [6.07, 6.45) is 0.159. The van der Waals surface area contributed by atoms with E-state index in [1.54, 1.807) is 18.2 Å². The van der Waals surface area contributed by atoms with Gasteiger partial charge in [0.05, 0.1) is 6.42 Å². The highest BCUT2D eigenvalue weighted by Crippen LogP contribution is 2.28. The fourth-order valence-electron chi connectivity index (χ4n) is 1.00. The number of hydrogen-bond acceptors (Lipinski definition) is 2. The molecule has 0 aliphatic rings. The summed E-state index contributed by atoms with van der Waals surface area (Å²) in [6, 6.07) is 5.34. The molecular weight excluding hydrogens is 255 g/mol. The van der Waals surface area contributed by atoms with E-state index >= 15 is 0 Å². The van der Waals surface area contributed by atoms with Crippen molar-refractivity contribution in [2.24, 2.45) is 0 Å². The highest BCUT2D eigenvalue weighted by molar-refractivity contribution is 7.98. The highest BCUT2D eigenvalue weighted by Gasteiger charge is 2.05. The van der Waals surface area contributed by atoms with Crippen LogP contribution < -0.4 is 0 Å². The molecule has 0 bridgehead atoms. The number of carboxylic acids is 1. The third kappa shape index (κ3) is 4.33. The molecule has 0 saturated heterocycles. The third-order valence-corrected chi connectivity index (χ3v) is 3.46. The van der Waals surface area contributed by atoms with E-state index in [4.69, 9.17) is 28.3 Å². The van der Waals surface area contributed by atoms with Gasteiger partial charge in [-0.1, -0.05) is 29.3 Å². The number of carboxylic acid groups (broad SMARTS) is 1. The van der Waals surface area contributed by atoms with Gasteiger partial charge in [-0.2, -0.15) is 11.8 Å². The molecule has 1 N–H and O–H groups in total. The second-order valence-electron chi connectivity index (χ2n) is 2.90. The molecule has 0 atom stereocenters. The molecule has 0 spiro atoms. The van der Waals surface area contributed by atoms with Gasteiger partial charge in [-0.3, -0.25) is 4.79 Å². The van der Waals surface area contributed by atoms with Crippen molar-refractivity contribution < 1.29 is 9.90 Å². The molecule has 0 aliphatic heterocycles. The van der Waals surface area contributed by atoms with E-state index in [2.05, 4.69) is 0 Å². The van der Waals surface area contributed by atoms with Crippen LogP contribution >= 0.6 is 35.0 Å². The fourth-order valence-corrected chi connectivity index (χ4v) is 2.67. The lowest BCUT2D eigenvalue weighted by atomic mass is 10.2. The summed E-state index contributed by atoms with van der Waals surface area (Å²) < 4.78 is 0. The van der Waals surface area contributed by atoms with Crippen LogP contribution in [0.25, 0.3) is 0 Å². The first-order valence-corrected chi connectivity index (χ1v) is 6.24. The Hall–Kier alpha value is -0.380. The van der Waals surface area contributed by atoms with Crippen molar-refractivity contribution in [3.63, 3.8) is 0 Å². The van der Waals surface area contributed by atoms with Crippen molar-refractivity contribution in [3.8, 4) is 0 Å². The average Bonchev–Trinajstić information content (AvgIpc) is 2.15. The highest BCUT2D eigenvalue weighted by atomic mass is 35.5. The average molecular weight is 265 g/mol. The Bertz CT molecular complexity index is 335. The van der Waals surface area contributed by atoms with E-state index in [0.717, 1.165) is 5.56 Å². The van der Waals surface area contributed by atoms with Crippen LogP contribution in [-0.2, 0) is 10.5 Å². The Labute approximate surface area is 103 Å². The van der Waals surface area contributed by atoms with Crippen molar-refractivity contribution >= 4 is 40.9 Å². The van der Waals surface area contributed by atoms with Crippen LogP contribution in [0.2, 0.25) is 10.0 Å². The minimum absolute atomic E-state index is 0.159. The predicted octanol–water partition coefficient (Wildman–Crippen LogP) is 3.70. The van der Waals surface area contributed by atoms with E-state index < -0.39 is 5.97 Å². The van der Waals surface area contributed by atoms with Crippen LogP contribution in [-0.4, -0.2) is 16.8 Å². The summed E-state index contributed by atoms with van der Waals surface area (Å²) in [6.45, 7) is 0. The Kier molecular flexibility index (Phi) is 5.29. The molecule has 0 heterocycles. The van der Waals surface area contributed by atoms with Crippen LogP contribution in [0.3, 0.4) is 0 Å².